The third-order valence-electron chi connectivity index (χ3n) is 4.28. The summed E-state index contributed by atoms with van der Waals surface area (Å²) in [5, 5.41) is 0. The van der Waals surface area contributed by atoms with Crippen LogP contribution in [0.2, 0.25) is 0 Å². The second-order valence-electron chi connectivity index (χ2n) is 6.47. The molecule has 0 amide bonds. The monoisotopic (exact) mass is 389 g/mol. The Balaban J connectivity index is 2.59. The van der Waals surface area contributed by atoms with Crippen molar-refractivity contribution in [3.8, 4) is 0 Å². The summed E-state index contributed by atoms with van der Waals surface area (Å²) in [6, 6.07) is 0. The van der Waals surface area contributed by atoms with Gasteiger partial charge in [0.05, 0.1) is 19.8 Å². The van der Waals surface area contributed by atoms with E-state index < -0.39 is 22.0 Å². The van der Waals surface area contributed by atoms with Gasteiger partial charge in [-0.2, -0.15) is 4.31 Å². The number of piperidine rings is 1. The molecule has 0 spiro atoms. The maximum absolute atomic E-state index is 13.2. The number of rotatable bonds is 4. The van der Waals surface area contributed by atoms with Crippen molar-refractivity contribution >= 4 is 33.3 Å². The lowest BCUT2D eigenvalue weighted by molar-refractivity contribution is 0.0596. The molecular formula is C16H23NO6S2. The number of nitrogens with zero attached hydrogens (tertiary/aromatic N) is 1. The average Bonchev–Trinajstić information content (AvgIpc) is 2.90. The second kappa shape index (κ2) is 7.43. The van der Waals surface area contributed by atoms with Crippen molar-refractivity contribution in [1.82, 2.24) is 4.31 Å². The first-order valence-electron chi connectivity index (χ1n) is 7.93. The van der Waals surface area contributed by atoms with Gasteiger partial charge in [-0.05, 0) is 30.7 Å². The van der Waals surface area contributed by atoms with Crippen molar-refractivity contribution in [1.29, 1.82) is 0 Å². The lowest BCUT2D eigenvalue weighted by Gasteiger charge is -2.33. The van der Waals surface area contributed by atoms with Crippen LogP contribution in [0.1, 0.15) is 45.9 Å². The van der Waals surface area contributed by atoms with Crippen LogP contribution in [0, 0.1) is 18.8 Å². The van der Waals surface area contributed by atoms with Crippen molar-refractivity contribution in [3.63, 3.8) is 0 Å². The minimum absolute atomic E-state index is 0.0845. The molecule has 0 N–H and O–H groups in total. The highest BCUT2D eigenvalue weighted by atomic mass is 32.2. The van der Waals surface area contributed by atoms with Gasteiger partial charge in [0.2, 0.25) is 0 Å². The third kappa shape index (κ3) is 3.73. The highest BCUT2D eigenvalue weighted by molar-refractivity contribution is 7.91. The number of hydrogen-bond acceptors (Lipinski definition) is 7. The van der Waals surface area contributed by atoms with Gasteiger partial charge in [0.25, 0.3) is 10.0 Å². The number of carbonyl (C=O) groups is 2. The average molecular weight is 389 g/mol. The summed E-state index contributed by atoms with van der Waals surface area (Å²) in [5.74, 6) is -1.00. The Morgan fingerprint density at radius 1 is 1.08 bits per heavy atom. The van der Waals surface area contributed by atoms with Gasteiger partial charge >= 0.3 is 11.9 Å². The van der Waals surface area contributed by atoms with E-state index >= 15 is 0 Å². The summed E-state index contributed by atoms with van der Waals surface area (Å²) in [5.41, 5.74) is 0.180. The molecule has 1 saturated heterocycles. The molecule has 7 nitrogen and oxygen atoms in total. The first-order valence-corrected chi connectivity index (χ1v) is 10.2. The van der Waals surface area contributed by atoms with Gasteiger partial charge in [-0.25, -0.2) is 18.0 Å². The smallest absolute Gasteiger partial charge is 0.348 e. The summed E-state index contributed by atoms with van der Waals surface area (Å²) in [6.45, 7) is 6.29. The molecule has 1 aromatic rings. The highest BCUT2D eigenvalue weighted by Crippen LogP contribution is 2.36. The van der Waals surface area contributed by atoms with Gasteiger partial charge in [-0.3, -0.25) is 0 Å². The molecule has 2 heterocycles. The van der Waals surface area contributed by atoms with Gasteiger partial charge in [0, 0.05) is 13.1 Å². The van der Waals surface area contributed by atoms with E-state index in [1.165, 1.54) is 25.4 Å². The van der Waals surface area contributed by atoms with Gasteiger partial charge in [-0.15, -0.1) is 11.3 Å². The molecule has 2 rings (SSSR count). The maximum Gasteiger partial charge on any atom is 0.348 e. The van der Waals surface area contributed by atoms with Gasteiger partial charge < -0.3 is 9.47 Å². The van der Waals surface area contributed by atoms with Crippen LogP contribution in [0.4, 0.5) is 0 Å². The van der Waals surface area contributed by atoms with Crippen LogP contribution in [0.3, 0.4) is 0 Å². The quantitative estimate of drug-likeness (QED) is 0.734. The third-order valence-corrected chi connectivity index (χ3v) is 7.88. The Hall–Kier alpha value is -1.45. The molecule has 0 saturated carbocycles. The van der Waals surface area contributed by atoms with E-state index in [-0.39, 0.29) is 32.0 Å². The number of thiophene rings is 1. The normalized spacial score (nSPS) is 21.8. The van der Waals surface area contributed by atoms with E-state index in [0.717, 1.165) is 17.8 Å². The fourth-order valence-corrected chi connectivity index (χ4v) is 6.78. The van der Waals surface area contributed by atoms with E-state index in [1.54, 1.807) is 0 Å². The van der Waals surface area contributed by atoms with Gasteiger partial charge in [-0.1, -0.05) is 13.8 Å². The molecule has 2 unspecified atom stereocenters. The molecule has 0 aliphatic carbocycles. The maximum atomic E-state index is 13.2. The van der Waals surface area contributed by atoms with Crippen LogP contribution in [0.5, 0.6) is 0 Å². The fourth-order valence-electron chi connectivity index (χ4n) is 3.21. The molecule has 1 fully saturated rings. The van der Waals surface area contributed by atoms with Crippen molar-refractivity contribution < 1.29 is 27.5 Å². The van der Waals surface area contributed by atoms with Crippen LogP contribution < -0.4 is 0 Å². The summed E-state index contributed by atoms with van der Waals surface area (Å²) in [4.78, 5) is 24.2. The molecule has 0 radical (unpaired) electrons. The largest absolute Gasteiger partial charge is 0.465 e. The topological polar surface area (TPSA) is 90.0 Å². The van der Waals surface area contributed by atoms with Gasteiger partial charge in [0.1, 0.15) is 4.88 Å². The SMILES string of the molecule is COC(=O)c1sc(S(=O)(=O)N2CC(C)CC(C)C2)c(C(=O)OC)c1C. The molecule has 0 aromatic carbocycles. The van der Waals surface area contributed by atoms with Crippen molar-refractivity contribution in [2.24, 2.45) is 11.8 Å². The fraction of sp³-hybridized carbons (Fsp3) is 0.625. The van der Waals surface area contributed by atoms with Crippen molar-refractivity contribution in [2.75, 3.05) is 27.3 Å². The van der Waals surface area contributed by atoms with Crippen LogP contribution >= 0.6 is 11.3 Å². The standard InChI is InChI=1S/C16H23NO6S2/c1-9-6-10(2)8-17(7-9)25(20,21)16-12(14(18)22-4)11(3)13(24-16)15(19)23-5/h9-10H,6-8H2,1-5H3. The second-order valence-corrected chi connectivity index (χ2v) is 9.62. The Morgan fingerprint density at radius 2 is 1.60 bits per heavy atom. The number of esters is 2. The van der Waals surface area contributed by atoms with Crippen LogP contribution in [-0.4, -0.2) is 52.0 Å². The minimum atomic E-state index is -3.91. The zero-order valence-corrected chi connectivity index (χ0v) is 16.6. The molecule has 1 aliphatic rings. The number of methoxy groups -OCH3 is 2. The molecule has 0 bridgehead atoms. The highest BCUT2D eigenvalue weighted by Gasteiger charge is 2.38. The summed E-state index contributed by atoms with van der Waals surface area (Å²) in [7, 11) is -1.52. The number of hydrogen-bond donors (Lipinski definition) is 0. The molecule has 140 valence electrons. The Kier molecular flexibility index (Phi) is 5.90. The molecule has 1 aliphatic heterocycles. The lowest BCUT2D eigenvalue weighted by atomic mass is 9.94. The number of carbonyl (C=O) groups excluding carboxylic acids is 2. The molecule has 25 heavy (non-hydrogen) atoms. The van der Waals surface area contributed by atoms with E-state index in [1.807, 2.05) is 13.8 Å². The van der Waals surface area contributed by atoms with E-state index in [9.17, 15) is 18.0 Å². The van der Waals surface area contributed by atoms with Crippen LogP contribution in [0.25, 0.3) is 0 Å². The molecule has 2 atom stereocenters. The first-order chi connectivity index (χ1) is 11.6. The van der Waals surface area contributed by atoms with Gasteiger partial charge in [0.15, 0.2) is 4.21 Å². The zero-order valence-electron chi connectivity index (χ0n) is 15.0. The van der Waals surface area contributed by atoms with Crippen LogP contribution in [-0.2, 0) is 19.5 Å². The Bertz CT molecular complexity index is 773. The van der Waals surface area contributed by atoms with Crippen molar-refractivity contribution in [2.45, 2.75) is 31.4 Å². The predicted molar refractivity (Wildman–Crippen MR) is 93.4 cm³/mol. The van der Waals surface area contributed by atoms with Crippen molar-refractivity contribution in [3.05, 3.63) is 16.0 Å². The van der Waals surface area contributed by atoms with E-state index in [4.69, 9.17) is 9.47 Å². The summed E-state index contributed by atoms with van der Waals surface area (Å²) < 4.78 is 37.0. The number of ether oxygens (including phenoxy) is 2. The predicted octanol–water partition coefficient (Wildman–Crippen LogP) is 2.30. The Labute approximate surface area is 152 Å². The number of sulfonamides is 1. The molecule has 9 heteroatoms. The molecular weight excluding hydrogens is 366 g/mol. The zero-order chi connectivity index (χ0) is 18.9. The van der Waals surface area contributed by atoms with Crippen LogP contribution in [0.15, 0.2) is 4.21 Å². The van der Waals surface area contributed by atoms with E-state index in [2.05, 4.69) is 0 Å². The first kappa shape index (κ1) is 19.9. The summed E-state index contributed by atoms with van der Waals surface area (Å²) in [6.07, 6.45) is 0.951. The minimum Gasteiger partial charge on any atom is -0.465 e. The Morgan fingerprint density at radius 3 is 2.08 bits per heavy atom. The lowest BCUT2D eigenvalue weighted by Crippen LogP contribution is -2.42. The molecule has 1 aromatic heterocycles. The van der Waals surface area contributed by atoms with E-state index in [0.29, 0.717) is 13.1 Å². The summed E-state index contributed by atoms with van der Waals surface area (Å²) >= 11 is 0.761.